The van der Waals surface area contributed by atoms with Crippen LogP contribution in [0.2, 0.25) is 0 Å². The first-order chi connectivity index (χ1) is 12.3. The van der Waals surface area contributed by atoms with E-state index in [1.54, 1.807) is 6.07 Å². The number of ketones is 1. The zero-order chi connectivity index (χ0) is 19.4. The van der Waals surface area contributed by atoms with Crippen LogP contribution in [0.15, 0.2) is 35.6 Å². The molecule has 1 amide bonds. The lowest BCUT2D eigenvalue weighted by molar-refractivity contribution is -0.895. The fourth-order valence-corrected chi connectivity index (χ4v) is 3.33. The van der Waals surface area contributed by atoms with Gasteiger partial charge in [-0.05, 0) is 26.8 Å². The molecule has 1 heterocycles. The van der Waals surface area contributed by atoms with Gasteiger partial charge in [-0.15, -0.1) is 0 Å². The van der Waals surface area contributed by atoms with Crippen molar-refractivity contribution in [3.63, 3.8) is 0 Å². The number of Topliss-reactive ketones (excluding diaryl/α,β-unsaturated/α-hetero) is 1. The van der Waals surface area contributed by atoms with Crippen molar-refractivity contribution in [2.75, 3.05) is 26.2 Å². The number of hydrogen-bond acceptors (Lipinski definition) is 5. The van der Waals surface area contributed by atoms with Crippen molar-refractivity contribution < 1.29 is 24.5 Å². The standard InChI is InChI=1S/C18H23N3O5/c1-4-19(5-2)10-11-20-16(15(12(3)22)17(23)18(20)24)13-8-6-7-9-14(13)21(25)26/h6-9,16,23H,4-5,10-11H2,1-3H3/p+1/t16-/m1/s1. The van der Waals surface area contributed by atoms with Gasteiger partial charge in [0.15, 0.2) is 11.5 Å². The number of nitro groups is 1. The maximum Gasteiger partial charge on any atom is 0.290 e. The molecule has 140 valence electrons. The summed E-state index contributed by atoms with van der Waals surface area (Å²) >= 11 is 0. The number of nitrogens with zero attached hydrogens (tertiary/aromatic N) is 2. The minimum absolute atomic E-state index is 0.0844. The Bertz CT molecular complexity index is 755. The van der Waals surface area contributed by atoms with Crippen molar-refractivity contribution in [1.29, 1.82) is 0 Å². The van der Waals surface area contributed by atoms with Crippen LogP contribution >= 0.6 is 0 Å². The summed E-state index contributed by atoms with van der Waals surface area (Å²) < 4.78 is 0. The van der Waals surface area contributed by atoms with Gasteiger partial charge in [0, 0.05) is 6.07 Å². The number of para-hydroxylation sites is 1. The molecule has 8 heteroatoms. The molecule has 26 heavy (non-hydrogen) atoms. The lowest BCUT2D eigenvalue weighted by Crippen LogP contribution is -3.12. The van der Waals surface area contributed by atoms with E-state index in [1.165, 1.54) is 34.9 Å². The molecule has 0 saturated heterocycles. The summed E-state index contributed by atoms with van der Waals surface area (Å²) in [7, 11) is 0. The molecule has 0 spiro atoms. The number of nitro benzene ring substituents is 1. The molecule has 1 aliphatic rings. The van der Waals surface area contributed by atoms with Crippen LogP contribution in [0.25, 0.3) is 0 Å². The zero-order valence-electron chi connectivity index (χ0n) is 15.2. The highest BCUT2D eigenvalue weighted by Gasteiger charge is 2.44. The fourth-order valence-electron chi connectivity index (χ4n) is 3.33. The van der Waals surface area contributed by atoms with Crippen molar-refractivity contribution in [3.8, 4) is 0 Å². The first-order valence-electron chi connectivity index (χ1n) is 8.65. The average molecular weight is 362 g/mol. The van der Waals surface area contributed by atoms with Gasteiger partial charge in [-0.2, -0.15) is 0 Å². The molecule has 2 N–H and O–H groups in total. The molecule has 8 nitrogen and oxygen atoms in total. The van der Waals surface area contributed by atoms with Crippen LogP contribution in [0.1, 0.15) is 32.4 Å². The number of hydrogen-bond donors (Lipinski definition) is 2. The van der Waals surface area contributed by atoms with E-state index in [2.05, 4.69) is 0 Å². The number of likely N-dealkylation sites (N-methyl/N-ethyl adjacent to an activating group) is 1. The maximum absolute atomic E-state index is 12.6. The van der Waals surface area contributed by atoms with Gasteiger partial charge in [-0.3, -0.25) is 19.7 Å². The van der Waals surface area contributed by atoms with Crippen molar-refractivity contribution in [1.82, 2.24) is 4.90 Å². The van der Waals surface area contributed by atoms with Gasteiger partial charge in [-0.1, -0.05) is 12.1 Å². The Morgan fingerprint density at radius 3 is 2.46 bits per heavy atom. The van der Waals surface area contributed by atoms with E-state index < -0.39 is 28.4 Å². The predicted octanol–water partition coefficient (Wildman–Crippen LogP) is 0.804. The number of aliphatic hydroxyl groups is 1. The summed E-state index contributed by atoms with van der Waals surface area (Å²) in [5.41, 5.74) is -0.0348. The minimum Gasteiger partial charge on any atom is -0.503 e. The average Bonchev–Trinajstić information content (AvgIpc) is 2.87. The number of benzene rings is 1. The lowest BCUT2D eigenvalue weighted by Gasteiger charge is -2.27. The molecule has 1 aliphatic heterocycles. The molecular weight excluding hydrogens is 338 g/mol. The number of carbonyl (C=O) groups excluding carboxylic acids is 2. The van der Waals surface area contributed by atoms with Crippen LogP contribution in [0, 0.1) is 10.1 Å². The van der Waals surface area contributed by atoms with E-state index >= 15 is 0 Å². The van der Waals surface area contributed by atoms with Crippen molar-refractivity contribution in [3.05, 3.63) is 51.3 Å². The van der Waals surface area contributed by atoms with Crippen LogP contribution in [-0.4, -0.2) is 52.8 Å². The Kier molecular flexibility index (Phi) is 6.10. The van der Waals surface area contributed by atoms with E-state index in [1.807, 2.05) is 13.8 Å². The van der Waals surface area contributed by atoms with Crippen LogP contribution < -0.4 is 4.90 Å². The van der Waals surface area contributed by atoms with Crippen LogP contribution in [0.5, 0.6) is 0 Å². The minimum atomic E-state index is -0.948. The summed E-state index contributed by atoms with van der Waals surface area (Å²) in [6.45, 7) is 7.95. The number of rotatable bonds is 8. The second-order valence-electron chi connectivity index (χ2n) is 6.24. The topological polar surface area (TPSA) is 105 Å². The monoisotopic (exact) mass is 362 g/mol. The van der Waals surface area contributed by atoms with Crippen molar-refractivity contribution in [2.24, 2.45) is 0 Å². The summed E-state index contributed by atoms with van der Waals surface area (Å²) in [5.74, 6) is -1.75. The van der Waals surface area contributed by atoms with E-state index in [4.69, 9.17) is 0 Å². The van der Waals surface area contributed by atoms with Crippen LogP contribution in [0.3, 0.4) is 0 Å². The van der Waals surface area contributed by atoms with E-state index in [0.29, 0.717) is 6.54 Å². The zero-order valence-corrected chi connectivity index (χ0v) is 15.2. The van der Waals surface area contributed by atoms with E-state index in [9.17, 15) is 24.8 Å². The molecule has 0 saturated carbocycles. The Balaban J connectivity index is 2.50. The summed E-state index contributed by atoms with van der Waals surface area (Å²) in [6, 6.07) is 5.06. The van der Waals surface area contributed by atoms with Gasteiger partial charge in [-0.25, -0.2) is 0 Å². The molecule has 2 rings (SSSR count). The highest BCUT2D eigenvalue weighted by molar-refractivity contribution is 6.08. The van der Waals surface area contributed by atoms with Gasteiger partial charge < -0.3 is 14.9 Å². The second kappa shape index (κ2) is 8.09. The molecule has 1 atom stereocenters. The Morgan fingerprint density at radius 1 is 1.31 bits per heavy atom. The van der Waals surface area contributed by atoms with E-state index in [0.717, 1.165) is 13.1 Å². The molecule has 0 fully saturated rings. The molecule has 0 aromatic heterocycles. The van der Waals surface area contributed by atoms with Gasteiger partial charge >= 0.3 is 0 Å². The molecule has 0 bridgehead atoms. The first kappa shape index (κ1) is 19.6. The quantitative estimate of drug-likeness (QED) is 0.526. The molecule has 0 unspecified atom stereocenters. The van der Waals surface area contributed by atoms with Gasteiger partial charge in [0.2, 0.25) is 0 Å². The predicted molar refractivity (Wildman–Crippen MR) is 94.8 cm³/mol. The SMILES string of the molecule is CC[NH+](CC)CCN1C(=O)C(O)=C(C(C)=O)[C@H]1c1ccccc1[N+](=O)[O-]. The molecule has 1 aromatic carbocycles. The molecule has 0 aliphatic carbocycles. The third-order valence-corrected chi connectivity index (χ3v) is 4.82. The number of quaternary nitrogens is 1. The van der Waals surface area contributed by atoms with Crippen molar-refractivity contribution in [2.45, 2.75) is 26.8 Å². The maximum atomic E-state index is 12.6. The van der Waals surface area contributed by atoms with Gasteiger partial charge in [0.1, 0.15) is 0 Å². The number of amides is 1. The highest BCUT2D eigenvalue weighted by atomic mass is 16.6. The Labute approximate surface area is 151 Å². The summed E-state index contributed by atoms with van der Waals surface area (Å²) in [6.07, 6.45) is 0. The largest absolute Gasteiger partial charge is 0.503 e. The third-order valence-electron chi connectivity index (χ3n) is 4.82. The number of carbonyl (C=O) groups is 2. The smallest absolute Gasteiger partial charge is 0.290 e. The van der Waals surface area contributed by atoms with Crippen molar-refractivity contribution >= 4 is 17.4 Å². The molecular formula is C18H24N3O5+. The highest BCUT2D eigenvalue weighted by Crippen LogP contribution is 2.40. The number of nitrogens with one attached hydrogen (secondary N) is 1. The number of aliphatic hydroxyl groups excluding tert-OH is 1. The third kappa shape index (κ3) is 3.60. The first-order valence-corrected chi connectivity index (χ1v) is 8.65. The molecule has 1 aromatic rings. The summed E-state index contributed by atoms with van der Waals surface area (Å²) in [4.78, 5) is 38.1. The second-order valence-corrected chi connectivity index (χ2v) is 6.24. The fraction of sp³-hybridized carbons (Fsp3) is 0.444. The van der Waals surface area contributed by atoms with Crippen LogP contribution in [-0.2, 0) is 9.59 Å². The van der Waals surface area contributed by atoms with Gasteiger partial charge in [0.05, 0.1) is 48.3 Å². The van der Waals surface area contributed by atoms with Crippen LogP contribution in [0.4, 0.5) is 5.69 Å². The lowest BCUT2D eigenvalue weighted by atomic mass is 9.95. The summed E-state index contributed by atoms with van der Waals surface area (Å²) in [5, 5.41) is 21.6. The van der Waals surface area contributed by atoms with Gasteiger partial charge in [0.25, 0.3) is 11.6 Å². The Morgan fingerprint density at radius 2 is 1.92 bits per heavy atom. The normalized spacial score (nSPS) is 17.3. The Hall–Kier alpha value is -2.74. The van der Waals surface area contributed by atoms with E-state index in [-0.39, 0.29) is 23.4 Å². The molecule has 0 radical (unpaired) electrons.